The first-order chi connectivity index (χ1) is 9.41. The van der Waals surface area contributed by atoms with Crippen molar-refractivity contribution in [2.45, 2.75) is 40.7 Å². The lowest BCUT2D eigenvalue weighted by Gasteiger charge is -2.08. The van der Waals surface area contributed by atoms with Crippen LogP contribution in [0.1, 0.15) is 31.7 Å². The molecule has 0 aromatic carbocycles. The van der Waals surface area contributed by atoms with E-state index < -0.39 is 0 Å². The summed E-state index contributed by atoms with van der Waals surface area (Å²) in [5.74, 6) is 0.559. The predicted molar refractivity (Wildman–Crippen MR) is 79.4 cm³/mol. The van der Waals surface area contributed by atoms with Crippen molar-refractivity contribution in [1.82, 2.24) is 15.1 Å². The molecule has 1 aromatic heterocycles. The summed E-state index contributed by atoms with van der Waals surface area (Å²) < 4.78 is 7.06. The quantitative estimate of drug-likeness (QED) is 0.703. The molecular weight excluding hydrogens is 256 g/mol. The lowest BCUT2D eigenvalue weighted by molar-refractivity contribution is -0.122. The predicted octanol–water partition coefficient (Wildman–Crippen LogP) is 1.26. The molecule has 1 heterocycles. The normalized spacial score (nSPS) is 11.1. The number of nitrogens with two attached hydrogens (primary N) is 1. The number of nitrogen functional groups attached to an aromatic ring is 1. The molecule has 20 heavy (non-hydrogen) atoms. The van der Waals surface area contributed by atoms with Crippen molar-refractivity contribution in [2.24, 2.45) is 5.92 Å². The zero-order valence-electron chi connectivity index (χ0n) is 12.9. The molecule has 0 spiro atoms. The molecule has 0 aliphatic heterocycles. The molecule has 1 aromatic rings. The van der Waals surface area contributed by atoms with E-state index in [0.29, 0.717) is 24.8 Å². The minimum Gasteiger partial charge on any atom is -0.396 e. The summed E-state index contributed by atoms with van der Waals surface area (Å²) in [6, 6.07) is 0. The Morgan fingerprint density at radius 3 is 2.65 bits per heavy atom. The minimum absolute atomic E-state index is 0.0805. The first kappa shape index (κ1) is 16.5. The second-order valence-electron chi connectivity index (χ2n) is 5.39. The second-order valence-corrected chi connectivity index (χ2v) is 5.39. The number of rotatable bonds is 8. The van der Waals surface area contributed by atoms with Gasteiger partial charge < -0.3 is 15.8 Å². The van der Waals surface area contributed by atoms with E-state index in [-0.39, 0.29) is 12.5 Å². The van der Waals surface area contributed by atoms with Crippen LogP contribution in [0.4, 0.5) is 5.69 Å². The molecule has 6 nitrogen and oxygen atoms in total. The standard InChI is InChI=1S/C14H26N4O2/c1-10(2)5-7-20-8-6-16-13(19)9-18-12(4)14(15)11(3)17-18/h10H,5-9,15H2,1-4H3,(H,16,19). The summed E-state index contributed by atoms with van der Waals surface area (Å²) in [6.45, 7) is 9.99. The Labute approximate surface area is 120 Å². The van der Waals surface area contributed by atoms with Crippen molar-refractivity contribution in [3.63, 3.8) is 0 Å². The van der Waals surface area contributed by atoms with Gasteiger partial charge in [-0.2, -0.15) is 5.10 Å². The van der Waals surface area contributed by atoms with Gasteiger partial charge >= 0.3 is 0 Å². The summed E-state index contributed by atoms with van der Waals surface area (Å²) in [7, 11) is 0. The van der Waals surface area contributed by atoms with Crippen molar-refractivity contribution in [3.05, 3.63) is 11.4 Å². The van der Waals surface area contributed by atoms with E-state index in [2.05, 4.69) is 24.3 Å². The second kappa shape index (κ2) is 7.89. The highest BCUT2D eigenvalue weighted by molar-refractivity contribution is 5.75. The van der Waals surface area contributed by atoms with Gasteiger partial charge in [-0.1, -0.05) is 13.8 Å². The van der Waals surface area contributed by atoms with Crippen LogP contribution in [0.25, 0.3) is 0 Å². The van der Waals surface area contributed by atoms with E-state index in [1.54, 1.807) is 4.68 Å². The fraction of sp³-hybridized carbons (Fsp3) is 0.714. The Balaban J connectivity index is 2.22. The number of carbonyl (C=O) groups is 1. The maximum atomic E-state index is 11.8. The fourth-order valence-electron chi connectivity index (χ4n) is 1.74. The third-order valence-electron chi connectivity index (χ3n) is 3.14. The van der Waals surface area contributed by atoms with Crippen LogP contribution >= 0.6 is 0 Å². The number of hydrogen-bond acceptors (Lipinski definition) is 4. The first-order valence-electron chi connectivity index (χ1n) is 7.05. The van der Waals surface area contributed by atoms with Gasteiger partial charge in [-0.05, 0) is 26.2 Å². The van der Waals surface area contributed by atoms with E-state index in [0.717, 1.165) is 24.4 Å². The largest absolute Gasteiger partial charge is 0.396 e. The van der Waals surface area contributed by atoms with Crippen LogP contribution in [0.2, 0.25) is 0 Å². The van der Waals surface area contributed by atoms with Gasteiger partial charge in [0.05, 0.1) is 23.7 Å². The number of ether oxygens (including phenoxy) is 1. The SMILES string of the molecule is Cc1nn(CC(=O)NCCOCCC(C)C)c(C)c1N. The summed E-state index contributed by atoms with van der Waals surface area (Å²) in [5, 5.41) is 7.04. The lowest BCUT2D eigenvalue weighted by atomic mass is 10.1. The molecule has 0 atom stereocenters. The molecule has 0 fully saturated rings. The highest BCUT2D eigenvalue weighted by Crippen LogP contribution is 2.14. The third-order valence-corrected chi connectivity index (χ3v) is 3.14. The highest BCUT2D eigenvalue weighted by atomic mass is 16.5. The van der Waals surface area contributed by atoms with E-state index in [1.807, 2.05) is 13.8 Å². The highest BCUT2D eigenvalue weighted by Gasteiger charge is 2.10. The average molecular weight is 282 g/mol. The smallest absolute Gasteiger partial charge is 0.241 e. The van der Waals surface area contributed by atoms with Gasteiger partial charge in [0.2, 0.25) is 5.91 Å². The van der Waals surface area contributed by atoms with Crippen molar-refractivity contribution in [2.75, 3.05) is 25.5 Å². The lowest BCUT2D eigenvalue weighted by Crippen LogP contribution is -2.31. The van der Waals surface area contributed by atoms with E-state index in [1.165, 1.54) is 0 Å². The van der Waals surface area contributed by atoms with Gasteiger partial charge in [-0.25, -0.2) is 0 Å². The van der Waals surface area contributed by atoms with Gasteiger partial charge in [-0.3, -0.25) is 9.48 Å². The fourth-order valence-corrected chi connectivity index (χ4v) is 1.74. The molecule has 114 valence electrons. The van der Waals surface area contributed by atoms with E-state index >= 15 is 0 Å². The monoisotopic (exact) mass is 282 g/mol. The number of carbonyl (C=O) groups excluding carboxylic acids is 1. The van der Waals surface area contributed by atoms with Gasteiger partial charge in [0.1, 0.15) is 6.54 Å². The molecule has 0 aliphatic carbocycles. The number of nitrogens with zero attached hydrogens (tertiary/aromatic N) is 2. The maximum absolute atomic E-state index is 11.8. The molecule has 0 saturated carbocycles. The molecule has 0 aliphatic rings. The van der Waals surface area contributed by atoms with Gasteiger partial charge in [-0.15, -0.1) is 0 Å². The number of nitrogens with one attached hydrogen (secondary N) is 1. The number of anilines is 1. The van der Waals surface area contributed by atoms with Crippen LogP contribution in [0.15, 0.2) is 0 Å². The zero-order chi connectivity index (χ0) is 15.1. The average Bonchev–Trinajstić information content (AvgIpc) is 2.61. The van der Waals surface area contributed by atoms with Crippen LogP contribution < -0.4 is 11.1 Å². The Bertz CT molecular complexity index is 441. The van der Waals surface area contributed by atoms with Gasteiger partial charge in [0.25, 0.3) is 0 Å². The van der Waals surface area contributed by atoms with E-state index in [4.69, 9.17) is 10.5 Å². The Kier molecular flexibility index (Phi) is 6.51. The number of aryl methyl sites for hydroxylation is 1. The van der Waals surface area contributed by atoms with Crippen molar-refractivity contribution in [3.8, 4) is 0 Å². The summed E-state index contributed by atoms with van der Waals surface area (Å²) in [6.07, 6.45) is 1.04. The Morgan fingerprint density at radius 2 is 2.10 bits per heavy atom. The van der Waals surface area contributed by atoms with Crippen LogP contribution in [0.5, 0.6) is 0 Å². The molecular formula is C14H26N4O2. The Hall–Kier alpha value is -1.56. The summed E-state index contributed by atoms with van der Waals surface area (Å²) in [4.78, 5) is 11.8. The molecule has 6 heteroatoms. The molecule has 1 amide bonds. The summed E-state index contributed by atoms with van der Waals surface area (Å²) in [5.41, 5.74) is 8.05. The molecule has 0 radical (unpaired) electrons. The molecule has 0 unspecified atom stereocenters. The topological polar surface area (TPSA) is 82.2 Å². The van der Waals surface area contributed by atoms with Gasteiger partial charge in [0, 0.05) is 13.2 Å². The third kappa shape index (κ3) is 5.21. The van der Waals surface area contributed by atoms with Crippen LogP contribution in [-0.4, -0.2) is 35.4 Å². The maximum Gasteiger partial charge on any atom is 0.241 e. The number of hydrogen-bond donors (Lipinski definition) is 2. The molecule has 0 saturated heterocycles. The minimum atomic E-state index is -0.0805. The Morgan fingerprint density at radius 1 is 1.40 bits per heavy atom. The first-order valence-corrected chi connectivity index (χ1v) is 7.05. The molecule has 0 bridgehead atoms. The summed E-state index contributed by atoms with van der Waals surface area (Å²) >= 11 is 0. The van der Waals surface area contributed by atoms with Gasteiger partial charge in [0.15, 0.2) is 0 Å². The zero-order valence-corrected chi connectivity index (χ0v) is 12.9. The van der Waals surface area contributed by atoms with Crippen LogP contribution in [0.3, 0.4) is 0 Å². The number of aromatic nitrogens is 2. The van der Waals surface area contributed by atoms with Crippen LogP contribution in [-0.2, 0) is 16.1 Å². The number of amides is 1. The van der Waals surface area contributed by atoms with Crippen molar-refractivity contribution >= 4 is 11.6 Å². The van der Waals surface area contributed by atoms with Crippen molar-refractivity contribution in [1.29, 1.82) is 0 Å². The van der Waals surface area contributed by atoms with E-state index in [9.17, 15) is 4.79 Å². The van der Waals surface area contributed by atoms with Crippen molar-refractivity contribution < 1.29 is 9.53 Å². The van der Waals surface area contributed by atoms with Crippen LogP contribution in [0, 0.1) is 19.8 Å². The molecule has 3 N–H and O–H groups in total. The molecule has 1 rings (SSSR count).